The minimum Gasteiger partial charge on any atom is -0.493 e. The predicted octanol–water partition coefficient (Wildman–Crippen LogP) is 2.77. The molecular weight excluding hydrogens is 472 g/mol. The predicted molar refractivity (Wildman–Crippen MR) is 118 cm³/mol. The van der Waals surface area contributed by atoms with Gasteiger partial charge in [0.05, 0.1) is 37.5 Å². The summed E-state index contributed by atoms with van der Waals surface area (Å²) in [7, 11) is 6.22. The number of hydrogen-bond donors (Lipinski definition) is 1. The molecular formula is C20H29BrN4O6. The number of nitrogens with zero attached hydrogens (tertiary/aromatic N) is 4. The molecule has 2 rings (SSSR count). The van der Waals surface area contributed by atoms with Crippen LogP contribution in [-0.2, 0) is 15.1 Å². The second-order valence-electron chi connectivity index (χ2n) is 7.03. The zero-order chi connectivity index (χ0) is 23.0. The van der Waals surface area contributed by atoms with Gasteiger partial charge in [-0.2, -0.15) is 9.97 Å². The van der Waals surface area contributed by atoms with Crippen molar-refractivity contribution in [2.75, 3.05) is 59.6 Å². The van der Waals surface area contributed by atoms with E-state index in [2.05, 4.69) is 30.9 Å². The number of benzene rings is 1. The lowest BCUT2D eigenvalue weighted by Gasteiger charge is -2.23. The fourth-order valence-corrected chi connectivity index (χ4v) is 3.11. The summed E-state index contributed by atoms with van der Waals surface area (Å²) in [5.41, 5.74) is -0.399. The smallest absolute Gasteiger partial charge is 0.330 e. The molecule has 1 heterocycles. The van der Waals surface area contributed by atoms with Crippen LogP contribution in [-0.4, -0.2) is 74.8 Å². The van der Waals surface area contributed by atoms with Crippen molar-refractivity contribution < 1.29 is 28.8 Å². The van der Waals surface area contributed by atoms with E-state index in [1.165, 1.54) is 14.2 Å². The highest BCUT2D eigenvalue weighted by Crippen LogP contribution is 2.41. The minimum absolute atomic E-state index is 0.0247. The first-order valence-electron chi connectivity index (χ1n) is 9.54. The highest BCUT2D eigenvalue weighted by molar-refractivity contribution is 9.10. The van der Waals surface area contributed by atoms with E-state index in [1.807, 2.05) is 4.90 Å². The van der Waals surface area contributed by atoms with Gasteiger partial charge in [-0.25, -0.2) is 0 Å². The van der Waals surface area contributed by atoms with Crippen LogP contribution in [0.1, 0.15) is 19.4 Å². The van der Waals surface area contributed by atoms with Gasteiger partial charge in [-0.1, -0.05) is 0 Å². The molecule has 10 nitrogen and oxygen atoms in total. The highest BCUT2D eigenvalue weighted by atomic mass is 79.9. The zero-order valence-electron chi connectivity index (χ0n) is 18.6. The minimum atomic E-state index is -1.05. The SMILES string of the molecule is COCCN(CCOC)c1nc(OC)nc(Oc2c(Br)cc(C(C)(C)O)cc2OC)n1. The number of aromatic nitrogens is 3. The van der Waals surface area contributed by atoms with Crippen molar-refractivity contribution in [1.82, 2.24) is 15.0 Å². The lowest BCUT2D eigenvalue weighted by Crippen LogP contribution is -2.32. The van der Waals surface area contributed by atoms with Crippen LogP contribution in [0.5, 0.6) is 23.5 Å². The van der Waals surface area contributed by atoms with Crippen molar-refractivity contribution in [1.29, 1.82) is 0 Å². The fraction of sp³-hybridized carbons (Fsp3) is 0.550. The van der Waals surface area contributed by atoms with Gasteiger partial charge in [-0.15, -0.1) is 4.98 Å². The molecule has 0 aliphatic heterocycles. The van der Waals surface area contributed by atoms with E-state index in [0.717, 1.165) is 0 Å². The molecule has 1 aromatic heterocycles. The van der Waals surface area contributed by atoms with Crippen LogP contribution in [0.4, 0.5) is 5.95 Å². The molecule has 0 unspecified atom stereocenters. The van der Waals surface area contributed by atoms with E-state index < -0.39 is 5.60 Å². The first kappa shape index (κ1) is 25.1. The Hall–Kier alpha value is -2.21. The second-order valence-corrected chi connectivity index (χ2v) is 7.88. The molecule has 2 aromatic rings. The van der Waals surface area contributed by atoms with Crippen LogP contribution < -0.4 is 19.1 Å². The summed E-state index contributed by atoms with van der Waals surface area (Å²) in [6, 6.07) is 3.57. The average Bonchev–Trinajstić information content (AvgIpc) is 2.74. The van der Waals surface area contributed by atoms with Crippen LogP contribution in [0.25, 0.3) is 0 Å². The Kier molecular flexibility index (Phi) is 9.23. The summed E-state index contributed by atoms with van der Waals surface area (Å²) >= 11 is 3.48. The largest absolute Gasteiger partial charge is 0.493 e. The third-order valence-corrected chi connectivity index (χ3v) is 4.90. The van der Waals surface area contributed by atoms with Crippen LogP contribution >= 0.6 is 15.9 Å². The first-order chi connectivity index (χ1) is 14.7. The summed E-state index contributed by atoms with van der Waals surface area (Å²) in [6.45, 7) is 5.41. The van der Waals surface area contributed by atoms with Gasteiger partial charge >= 0.3 is 12.0 Å². The molecule has 31 heavy (non-hydrogen) atoms. The maximum atomic E-state index is 10.3. The van der Waals surface area contributed by atoms with Crippen molar-refractivity contribution in [2.45, 2.75) is 19.4 Å². The van der Waals surface area contributed by atoms with Gasteiger partial charge in [0.15, 0.2) is 11.5 Å². The molecule has 11 heteroatoms. The number of aliphatic hydroxyl groups is 1. The number of ether oxygens (including phenoxy) is 5. The summed E-state index contributed by atoms with van der Waals surface area (Å²) in [5.74, 6) is 1.12. The molecule has 0 bridgehead atoms. The molecule has 0 atom stereocenters. The van der Waals surface area contributed by atoms with Gasteiger partial charge < -0.3 is 33.7 Å². The van der Waals surface area contributed by atoms with Crippen molar-refractivity contribution in [2.24, 2.45) is 0 Å². The van der Waals surface area contributed by atoms with Crippen LogP contribution in [0.15, 0.2) is 16.6 Å². The average molecular weight is 501 g/mol. The number of halogens is 1. The van der Waals surface area contributed by atoms with Gasteiger partial charge in [-0.3, -0.25) is 0 Å². The zero-order valence-corrected chi connectivity index (χ0v) is 20.2. The molecule has 0 saturated carbocycles. The Morgan fingerprint density at radius 3 is 2.06 bits per heavy atom. The quantitative estimate of drug-likeness (QED) is 0.467. The highest BCUT2D eigenvalue weighted by Gasteiger charge is 2.23. The molecule has 0 spiro atoms. The van der Waals surface area contributed by atoms with Crippen molar-refractivity contribution in [3.63, 3.8) is 0 Å². The third kappa shape index (κ3) is 6.89. The molecule has 0 radical (unpaired) electrons. The van der Waals surface area contributed by atoms with Gasteiger partial charge in [0.25, 0.3) is 0 Å². The second kappa shape index (κ2) is 11.4. The number of hydrogen-bond acceptors (Lipinski definition) is 10. The van der Waals surface area contributed by atoms with Crippen molar-refractivity contribution in [3.8, 4) is 23.5 Å². The molecule has 0 fully saturated rings. The topological polar surface area (TPSA) is 108 Å². The summed E-state index contributed by atoms with van der Waals surface area (Å²) < 4.78 is 27.6. The van der Waals surface area contributed by atoms with Crippen molar-refractivity contribution >= 4 is 21.9 Å². The van der Waals surface area contributed by atoms with Gasteiger partial charge in [0.1, 0.15) is 0 Å². The molecule has 0 saturated heterocycles. The standard InChI is InChI=1S/C20H29BrN4O6/c1-20(2,26)13-11-14(21)16(15(12-13)29-5)31-19-23-17(22-18(24-19)30-6)25(7-9-27-3)8-10-28-4/h11-12,26H,7-10H2,1-6H3. The maximum absolute atomic E-state index is 10.3. The molecule has 1 aromatic carbocycles. The van der Waals surface area contributed by atoms with Crippen LogP contribution in [0, 0.1) is 0 Å². The van der Waals surface area contributed by atoms with Gasteiger partial charge in [0.2, 0.25) is 5.95 Å². The molecule has 0 amide bonds. The number of anilines is 1. The molecule has 0 aliphatic rings. The fourth-order valence-electron chi connectivity index (χ4n) is 2.58. The summed E-state index contributed by atoms with van der Waals surface area (Å²) in [5, 5.41) is 10.3. The Morgan fingerprint density at radius 2 is 1.55 bits per heavy atom. The van der Waals surface area contributed by atoms with Gasteiger partial charge in [-0.05, 0) is 47.5 Å². The lowest BCUT2D eigenvalue weighted by atomic mass is 9.98. The molecule has 1 N–H and O–H groups in total. The summed E-state index contributed by atoms with van der Waals surface area (Å²) in [4.78, 5) is 14.8. The Morgan fingerprint density at radius 1 is 0.935 bits per heavy atom. The van der Waals surface area contributed by atoms with E-state index in [0.29, 0.717) is 53.8 Å². The van der Waals surface area contributed by atoms with Crippen molar-refractivity contribution in [3.05, 3.63) is 22.2 Å². The van der Waals surface area contributed by atoms with Gasteiger partial charge in [0, 0.05) is 27.3 Å². The Labute approximate surface area is 190 Å². The molecule has 0 aliphatic carbocycles. The summed E-state index contributed by atoms with van der Waals surface area (Å²) in [6.07, 6.45) is 0. The lowest BCUT2D eigenvalue weighted by molar-refractivity contribution is 0.0782. The number of rotatable bonds is 12. The third-order valence-electron chi connectivity index (χ3n) is 4.31. The Bertz CT molecular complexity index is 854. The van der Waals surface area contributed by atoms with E-state index >= 15 is 0 Å². The normalized spacial score (nSPS) is 11.4. The van der Waals surface area contributed by atoms with E-state index in [1.54, 1.807) is 40.2 Å². The maximum Gasteiger partial charge on any atom is 0.330 e. The van der Waals surface area contributed by atoms with Crippen LogP contribution in [0.3, 0.4) is 0 Å². The molecule has 172 valence electrons. The monoisotopic (exact) mass is 500 g/mol. The Balaban J connectivity index is 2.44. The first-order valence-corrected chi connectivity index (χ1v) is 10.3. The van der Waals surface area contributed by atoms with Crippen LogP contribution in [0.2, 0.25) is 0 Å². The van der Waals surface area contributed by atoms with E-state index in [9.17, 15) is 5.11 Å². The van der Waals surface area contributed by atoms with E-state index in [-0.39, 0.29) is 12.0 Å². The van der Waals surface area contributed by atoms with E-state index in [4.69, 9.17) is 23.7 Å². The number of methoxy groups -OCH3 is 4.